The molecule has 0 bridgehead atoms. The minimum Gasteiger partial charge on any atom is -0.431 e. The van der Waals surface area contributed by atoms with Crippen molar-refractivity contribution in [3.63, 3.8) is 0 Å². The highest BCUT2D eigenvalue weighted by molar-refractivity contribution is 9.10. The summed E-state index contributed by atoms with van der Waals surface area (Å²) in [5, 5.41) is 0.833. The van der Waals surface area contributed by atoms with E-state index in [0.717, 1.165) is 5.39 Å². The monoisotopic (exact) mass is 239 g/mol. The van der Waals surface area contributed by atoms with Crippen LogP contribution in [-0.2, 0) is 0 Å². The second kappa shape index (κ2) is 2.96. The largest absolute Gasteiger partial charge is 0.431 e. The summed E-state index contributed by atoms with van der Waals surface area (Å²) in [7, 11) is 0. The Balaban J connectivity index is 2.67. The van der Waals surface area contributed by atoms with Crippen molar-refractivity contribution < 1.29 is 9.21 Å². The van der Waals surface area contributed by atoms with E-state index in [9.17, 15) is 4.79 Å². The predicted octanol–water partition coefficient (Wildman–Crippen LogP) is 2.79. The minimum atomic E-state index is 0.00622. The molecule has 0 unspecified atom stereocenters. The number of furan rings is 1. The maximum Gasteiger partial charge on any atom is 0.227 e. The Bertz CT molecular complexity index is 475. The smallest absolute Gasteiger partial charge is 0.227 e. The lowest BCUT2D eigenvalue weighted by molar-refractivity contribution is 0.101. The number of aromatic nitrogens is 1. The van der Waals surface area contributed by atoms with Crippen LogP contribution >= 0.6 is 15.9 Å². The van der Waals surface area contributed by atoms with Gasteiger partial charge in [0.15, 0.2) is 10.5 Å². The minimum absolute atomic E-state index is 0.00622. The van der Waals surface area contributed by atoms with Crippen molar-refractivity contribution >= 4 is 32.8 Å². The third kappa shape index (κ3) is 1.49. The summed E-state index contributed by atoms with van der Waals surface area (Å²) in [5.41, 5.74) is 1.14. The van der Waals surface area contributed by atoms with Crippen LogP contribution in [0.3, 0.4) is 0 Å². The molecule has 0 radical (unpaired) electrons. The first-order valence-corrected chi connectivity index (χ1v) is 4.52. The molecule has 0 spiro atoms. The van der Waals surface area contributed by atoms with Crippen LogP contribution < -0.4 is 0 Å². The molecule has 0 aliphatic carbocycles. The van der Waals surface area contributed by atoms with Crippen molar-refractivity contribution in [2.45, 2.75) is 6.92 Å². The van der Waals surface area contributed by atoms with E-state index in [2.05, 4.69) is 20.9 Å². The van der Waals surface area contributed by atoms with Gasteiger partial charge in [-0.2, -0.15) is 0 Å². The van der Waals surface area contributed by atoms with Gasteiger partial charge in [-0.1, -0.05) is 0 Å². The second-order valence-electron chi connectivity index (χ2n) is 2.73. The van der Waals surface area contributed by atoms with Crippen LogP contribution in [0.4, 0.5) is 0 Å². The lowest BCUT2D eigenvalue weighted by Crippen LogP contribution is -1.91. The Hall–Kier alpha value is -1.16. The summed E-state index contributed by atoms with van der Waals surface area (Å²) in [4.78, 5) is 15.0. The van der Waals surface area contributed by atoms with Gasteiger partial charge in [-0.05, 0) is 28.9 Å². The molecule has 3 nitrogen and oxygen atoms in total. The van der Waals surface area contributed by atoms with E-state index in [0.29, 0.717) is 15.9 Å². The van der Waals surface area contributed by atoms with Crippen molar-refractivity contribution in [3.8, 4) is 0 Å². The maximum absolute atomic E-state index is 11.0. The van der Waals surface area contributed by atoms with Crippen LogP contribution in [-0.4, -0.2) is 10.8 Å². The average Bonchev–Trinajstić information content (AvgIpc) is 2.42. The summed E-state index contributed by atoms with van der Waals surface area (Å²) in [6.07, 6.45) is 1.51. The Morgan fingerprint density at radius 3 is 3.00 bits per heavy atom. The van der Waals surface area contributed by atoms with E-state index in [4.69, 9.17) is 4.42 Å². The number of carbonyl (C=O) groups excluding carboxylic acids is 1. The van der Waals surface area contributed by atoms with Crippen molar-refractivity contribution in [3.05, 3.63) is 28.6 Å². The fourth-order valence-electron chi connectivity index (χ4n) is 1.09. The zero-order valence-electron chi connectivity index (χ0n) is 6.87. The summed E-state index contributed by atoms with van der Waals surface area (Å²) in [5.74, 6) is 0.00622. The molecule has 0 aromatic carbocycles. The van der Waals surface area contributed by atoms with Crippen molar-refractivity contribution in [2.24, 2.45) is 0 Å². The van der Waals surface area contributed by atoms with Crippen molar-refractivity contribution in [1.82, 2.24) is 4.98 Å². The Labute approximate surface area is 82.9 Å². The Morgan fingerprint density at radius 2 is 2.31 bits per heavy atom. The van der Waals surface area contributed by atoms with Gasteiger partial charge in [0.2, 0.25) is 5.71 Å². The van der Waals surface area contributed by atoms with Crippen LogP contribution in [0.15, 0.2) is 27.4 Å². The van der Waals surface area contributed by atoms with Crippen LogP contribution in [0.5, 0.6) is 0 Å². The number of carbonyl (C=O) groups is 1. The molecule has 0 fully saturated rings. The molecule has 2 heterocycles. The first-order chi connectivity index (χ1) is 6.16. The van der Waals surface area contributed by atoms with E-state index < -0.39 is 0 Å². The molecule has 0 saturated carbocycles. The maximum atomic E-state index is 11.0. The van der Waals surface area contributed by atoms with E-state index in [-0.39, 0.29) is 5.78 Å². The number of halogens is 1. The van der Waals surface area contributed by atoms with Gasteiger partial charge in [0.1, 0.15) is 0 Å². The van der Waals surface area contributed by atoms with E-state index in [1.165, 1.54) is 13.1 Å². The number of hydrogen-bond acceptors (Lipinski definition) is 3. The van der Waals surface area contributed by atoms with Gasteiger partial charge >= 0.3 is 0 Å². The molecule has 0 N–H and O–H groups in total. The standard InChI is InChI=1S/C9H6BrNO2/c1-5(12)7-2-6-3-8(10)13-9(6)11-4-7/h2-4H,1H3. The molecule has 66 valence electrons. The van der Waals surface area contributed by atoms with Gasteiger partial charge in [-0.25, -0.2) is 4.98 Å². The third-order valence-electron chi connectivity index (χ3n) is 1.75. The Morgan fingerprint density at radius 1 is 1.54 bits per heavy atom. The number of hydrogen-bond donors (Lipinski definition) is 0. The summed E-state index contributed by atoms with van der Waals surface area (Å²) >= 11 is 3.19. The molecule has 0 saturated heterocycles. The highest BCUT2D eigenvalue weighted by Gasteiger charge is 2.05. The predicted molar refractivity (Wildman–Crippen MR) is 51.7 cm³/mol. The van der Waals surface area contributed by atoms with Gasteiger partial charge in [0.25, 0.3) is 0 Å². The normalized spacial score (nSPS) is 10.6. The fourth-order valence-corrected chi connectivity index (χ4v) is 1.49. The van der Waals surface area contributed by atoms with Gasteiger partial charge < -0.3 is 4.42 Å². The highest BCUT2D eigenvalue weighted by Crippen LogP contribution is 2.22. The Kier molecular flexibility index (Phi) is 1.92. The summed E-state index contributed by atoms with van der Waals surface area (Å²) in [6.45, 7) is 1.51. The molecule has 2 aromatic rings. The average molecular weight is 240 g/mol. The summed E-state index contributed by atoms with van der Waals surface area (Å²) < 4.78 is 5.82. The van der Waals surface area contributed by atoms with Gasteiger partial charge in [-0.3, -0.25) is 4.79 Å². The first kappa shape index (κ1) is 8.44. The number of nitrogens with zero attached hydrogens (tertiary/aromatic N) is 1. The quantitative estimate of drug-likeness (QED) is 0.719. The molecule has 0 aliphatic heterocycles. The molecule has 2 aromatic heterocycles. The van der Waals surface area contributed by atoms with Crippen LogP contribution in [0, 0.1) is 0 Å². The molecule has 0 amide bonds. The van der Waals surface area contributed by atoms with Gasteiger partial charge in [0, 0.05) is 23.2 Å². The number of rotatable bonds is 1. The number of Topliss-reactive ketones (excluding diaryl/α,β-unsaturated/α-hetero) is 1. The van der Waals surface area contributed by atoms with Gasteiger partial charge in [0.05, 0.1) is 0 Å². The molecule has 0 aliphatic rings. The zero-order valence-corrected chi connectivity index (χ0v) is 8.46. The lowest BCUT2D eigenvalue weighted by Gasteiger charge is -1.92. The van der Waals surface area contributed by atoms with Crippen LogP contribution in [0.2, 0.25) is 0 Å². The van der Waals surface area contributed by atoms with Gasteiger partial charge in [-0.15, -0.1) is 0 Å². The second-order valence-corrected chi connectivity index (χ2v) is 3.51. The SMILES string of the molecule is CC(=O)c1cnc2oc(Br)cc2c1. The molecule has 4 heteroatoms. The summed E-state index contributed by atoms with van der Waals surface area (Å²) in [6, 6.07) is 3.55. The molecular formula is C9H6BrNO2. The number of fused-ring (bicyclic) bond motifs is 1. The molecular weight excluding hydrogens is 234 g/mol. The van der Waals surface area contributed by atoms with Crippen molar-refractivity contribution in [2.75, 3.05) is 0 Å². The molecule has 2 rings (SSSR count). The van der Waals surface area contributed by atoms with Crippen LogP contribution in [0.1, 0.15) is 17.3 Å². The zero-order chi connectivity index (χ0) is 9.42. The topological polar surface area (TPSA) is 43.1 Å². The van der Waals surface area contributed by atoms with E-state index in [1.807, 2.05) is 0 Å². The van der Waals surface area contributed by atoms with Crippen molar-refractivity contribution in [1.29, 1.82) is 0 Å². The highest BCUT2D eigenvalue weighted by atomic mass is 79.9. The lowest BCUT2D eigenvalue weighted by atomic mass is 10.2. The third-order valence-corrected chi connectivity index (χ3v) is 2.14. The van der Waals surface area contributed by atoms with E-state index >= 15 is 0 Å². The van der Waals surface area contributed by atoms with E-state index in [1.54, 1.807) is 12.1 Å². The molecule has 0 atom stereocenters. The first-order valence-electron chi connectivity index (χ1n) is 3.73. The number of ketones is 1. The van der Waals surface area contributed by atoms with Crippen LogP contribution in [0.25, 0.3) is 11.1 Å². The fraction of sp³-hybridized carbons (Fsp3) is 0.111. The molecule has 13 heavy (non-hydrogen) atoms. The number of pyridine rings is 1.